The lowest BCUT2D eigenvalue weighted by atomic mass is 10.2. The monoisotopic (exact) mass is 193 g/mol. The molecular weight excluding hydrogens is 178 g/mol. The summed E-state index contributed by atoms with van der Waals surface area (Å²) in [4.78, 5) is 11.5. The summed E-state index contributed by atoms with van der Waals surface area (Å²) >= 11 is 0. The predicted octanol–water partition coefficient (Wildman–Crippen LogP) is 1.53. The Kier molecular flexibility index (Phi) is 4.13. The van der Waals surface area contributed by atoms with Gasteiger partial charge in [0.2, 0.25) is 0 Å². The van der Waals surface area contributed by atoms with Gasteiger partial charge in [0.25, 0.3) is 5.91 Å². The van der Waals surface area contributed by atoms with Crippen molar-refractivity contribution in [1.82, 2.24) is 5.32 Å². The normalized spacial score (nSPS) is 12.1. The van der Waals surface area contributed by atoms with Gasteiger partial charge >= 0.3 is 0 Å². The number of aliphatic hydroxyl groups is 1. The summed E-state index contributed by atoms with van der Waals surface area (Å²) in [5, 5.41) is 11.9. The largest absolute Gasteiger partial charge is 0.374 e. The summed E-state index contributed by atoms with van der Waals surface area (Å²) in [6.45, 7) is 1.96. The molecule has 0 fully saturated rings. The van der Waals surface area contributed by atoms with Crippen LogP contribution in [0.5, 0.6) is 0 Å². The van der Waals surface area contributed by atoms with E-state index >= 15 is 0 Å². The summed E-state index contributed by atoms with van der Waals surface area (Å²) in [5.41, 5.74) is 0.572. The van der Waals surface area contributed by atoms with Crippen molar-refractivity contribution in [2.75, 3.05) is 0 Å². The van der Waals surface area contributed by atoms with Gasteiger partial charge in [-0.1, -0.05) is 31.5 Å². The quantitative estimate of drug-likeness (QED) is 0.712. The molecule has 0 saturated carbocycles. The molecule has 1 amide bonds. The second-order valence-electron chi connectivity index (χ2n) is 3.14. The topological polar surface area (TPSA) is 49.3 Å². The van der Waals surface area contributed by atoms with Crippen LogP contribution in [0.4, 0.5) is 0 Å². The van der Waals surface area contributed by atoms with Gasteiger partial charge in [-0.25, -0.2) is 0 Å². The molecule has 0 aliphatic heterocycles. The van der Waals surface area contributed by atoms with Crippen molar-refractivity contribution in [3.63, 3.8) is 0 Å². The molecule has 0 aromatic heterocycles. The average Bonchev–Trinajstić information content (AvgIpc) is 2.19. The molecule has 3 heteroatoms. The van der Waals surface area contributed by atoms with Gasteiger partial charge in [0.1, 0.15) is 6.23 Å². The lowest BCUT2D eigenvalue weighted by Gasteiger charge is -2.11. The fraction of sp³-hybridized carbons (Fsp3) is 0.364. The molecule has 0 unspecified atom stereocenters. The number of amides is 1. The van der Waals surface area contributed by atoms with E-state index in [4.69, 9.17) is 0 Å². The Balaban J connectivity index is 2.51. The Bertz CT molecular complexity index is 285. The highest BCUT2D eigenvalue weighted by molar-refractivity contribution is 5.94. The standard InChI is InChI=1S/C11H15NO2/c1-2-6-10(13)12-11(14)9-7-4-3-5-8-9/h3-5,7-8,10,13H,2,6H2,1H3,(H,12,14)/t10-/m0/s1. The smallest absolute Gasteiger partial charge is 0.253 e. The number of nitrogens with one attached hydrogen (secondary N) is 1. The predicted molar refractivity (Wildman–Crippen MR) is 54.8 cm³/mol. The maximum atomic E-state index is 11.5. The maximum absolute atomic E-state index is 11.5. The van der Waals surface area contributed by atoms with Crippen LogP contribution in [0.1, 0.15) is 30.1 Å². The van der Waals surface area contributed by atoms with Gasteiger partial charge < -0.3 is 10.4 Å². The van der Waals surface area contributed by atoms with E-state index in [0.29, 0.717) is 12.0 Å². The number of rotatable bonds is 4. The molecular formula is C11H15NO2. The fourth-order valence-corrected chi connectivity index (χ4v) is 1.17. The van der Waals surface area contributed by atoms with Crippen LogP contribution in [0, 0.1) is 0 Å². The Morgan fingerprint density at radius 1 is 1.43 bits per heavy atom. The van der Waals surface area contributed by atoms with E-state index in [0.717, 1.165) is 6.42 Å². The average molecular weight is 193 g/mol. The highest BCUT2D eigenvalue weighted by atomic mass is 16.3. The van der Waals surface area contributed by atoms with E-state index in [9.17, 15) is 9.90 Å². The molecule has 0 aliphatic carbocycles. The van der Waals surface area contributed by atoms with Gasteiger partial charge in [-0.2, -0.15) is 0 Å². The number of aliphatic hydroxyl groups excluding tert-OH is 1. The van der Waals surface area contributed by atoms with Crippen LogP contribution in [0.15, 0.2) is 30.3 Å². The first-order chi connectivity index (χ1) is 6.74. The summed E-state index contributed by atoms with van der Waals surface area (Å²) in [7, 11) is 0. The molecule has 0 spiro atoms. The van der Waals surface area contributed by atoms with Gasteiger partial charge in [0.05, 0.1) is 0 Å². The van der Waals surface area contributed by atoms with Crippen LogP contribution < -0.4 is 5.32 Å². The summed E-state index contributed by atoms with van der Waals surface area (Å²) in [5.74, 6) is -0.230. The van der Waals surface area contributed by atoms with E-state index in [1.165, 1.54) is 0 Å². The third-order valence-electron chi connectivity index (χ3n) is 1.90. The van der Waals surface area contributed by atoms with Gasteiger partial charge in [0.15, 0.2) is 0 Å². The van der Waals surface area contributed by atoms with Crippen molar-refractivity contribution in [2.45, 2.75) is 26.0 Å². The Morgan fingerprint density at radius 2 is 2.07 bits per heavy atom. The van der Waals surface area contributed by atoms with E-state index in [1.54, 1.807) is 24.3 Å². The van der Waals surface area contributed by atoms with Crippen LogP contribution >= 0.6 is 0 Å². The van der Waals surface area contributed by atoms with Crippen molar-refractivity contribution in [3.8, 4) is 0 Å². The second kappa shape index (κ2) is 5.40. The van der Waals surface area contributed by atoms with Crippen LogP contribution in [0.3, 0.4) is 0 Å². The molecule has 76 valence electrons. The number of hydrogen-bond acceptors (Lipinski definition) is 2. The number of carbonyl (C=O) groups is 1. The van der Waals surface area contributed by atoms with Crippen molar-refractivity contribution in [2.24, 2.45) is 0 Å². The summed E-state index contributed by atoms with van der Waals surface area (Å²) in [6.07, 6.45) is 0.683. The summed E-state index contributed by atoms with van der Waals surface area (Å²) < 4.78 is 0. The molecule has 1 aromatic rings. The minimum absolute atomic E-state index is 0.230. The molecule has 3 nitrogen and oxygen atoms in total. The molecule has 1 rings (SSSR count). The zero-order chi connectivity index (χ0) is 10.4. The second-order valence-corrected chi connectivity index (χ2v) is 3.14. The molecule has 2 N–H and O–H groups in total. The molecule has 0 saturated heterocycles. The summed E-state index contributed by atoms with van der Waals surface area (Å²) in [6, 6.07) is 8.86. The van der Waals surface area contributed by atoms with Crippen LogP contribution in [-0.2, 0) is 0 Å². The van der Waals surface area contributed by atoms with Gasteiger partial charge in [-0.3, -0.25) is 4.79 Å². The lowest BCUT2D eigenvalue weighted by Crippen LogP contribution is -2.34. The van der Waals surface area contributed by atoms with Gasteiger partial charge in [-0.15, -0.1) is 0 Å². The SMILES string of the molecule is CCC[C@H](O)NC(=O)c1ccccc1. The molecule has 0 bridgehead atoms. The molecule has 1 atom stereocenters. The molecule has 0 aliphatic rings. The molecule has 14 heavy (non-hydrogen) atoms. The third kappa shape index (κ3) is 3.18. The van der Waals surface area contributed by atoms with E-state index in [-0.39, 0.29) is 5.91 Å². The van der Waals surface area contributed by atoms with Crippen molar-refractivity contribution in [3.05, 3.63) is 35.9 Å². The first kappa shape index (κ1) is 10.7. The Morgan fingerprint density at radius 3 is 2.64 bits per heavy atom. The highest BCUT2D eigenvalue weighted by Gasteiger charge is 2.08. The number of hydrogen-bond donors (Lipinski definition) is 2. The Labute approximate surface area is 83.8 Å². The van der Waals surface area contributed by atoms with Crippen molar-refractivity contribution >= 4 is 5.91 Å². The Hall–Kier alpha value is -1.35. The minimum atomic E-state index is -0.743. The van der Waals surface area contributed by atoms with E-state index in [2.05, 4.69) is 5.32 Å². The lowest BCUT2D eigenvalue weighted by molar-refractivity contribution is 0.0763. The number of benzene rings is 1. The highest BCUT2D eigenvalue weighted by Crippen LogP contribution is 2.00. The zero-order valence-electron chi connectivity index (χ0n) is 8.23. The maximum Gasteiger partial charge on any atom is 0.253 e. The van der Waals surface area contributed by atoms with Crippen LogP contribution in [0.25, 0.3) is 0 Å². The first-order valence-electron chi connectivity index (χ1n) is 4.78. The third-order valence-corrected chi connectivity index (χ3v) is 1.90. The first-order valence-corrected chi connectivity index (χ1v) is 4.78. The molecule has 0 heterocycles. The van der Waals surface area contributed by atoms with E-state index < -0.39 is 6.23 Å². The van der Waals surface area contributed by atoms with Gasteiger partial charge in [0, 0.05) is 5.56 Å². The van der Waals surface area contributed by atoms with Crippen LogP contribution in [-0.4, -0.2) is 17.2 Å². The fourth-order valence-electron chi connectivity index (χ4n) is 1.17. The minimum Gasteiger partial charge on any atom is -0.374 e. The van der Waals surface area contributed by atoms with Crippen LogP contribution in [0.2, 0.25) is 0 Å². The zero-order valence-corrected chi connectivity index (χ0v) is 8.23. The molecule has 1 aromatic carbocycles. The van der Waals surface area contributed by atoms with E-state index in [1.807, 2.05) is 13.0 Å². The molecule has 0 radical (unpaired) electrons. The van der Waals surface area contributed by atoms with Crippen molar-refractivity contribution in [1.29, 1.82) is 0 Å². The van der Waals surface area contributed by atoms with Crippen molar-refractivity contribution < 1.29 is 9.90 Å². The number of carbonyl (C=O) groups excluding carboxylic acids is 1. The van der Waals surface area contributed by atoms with Gasteiger partial charge in [-0.05, 0) is 18.6 Å².